The van der Waals surface area contributed by atoms with E-state index in [2.05, 4.69) is 10.3 Å². The summed E-state index contributed by atoms with van der Waals surface area (Å²) in [5.41, 5.74) is 0.482. The number of aromatic nitrogens is 1. The summed E-state index contributed by atoms with van der Waals surface area (Å²) in [6.07, 6.45) is 0.0786. The van der Waals surface area contributed by atoms with Crippen molar-refractivity contribution in [3.05, 3.63) is 24.0 Å². The van der Waals surface area contributed by atoms with E-state index in [-0.39, 0.29) is 29.9 Å². The van der Waals surface area contributed by atoms with E-state index in [1.54, 1.807) is 0 Å². The van der Waals surface area contributed by atoms with Crippen LogP contribution >= 0.6 is 0 Å². The van der Waals surface area contributed by atoms with E-state index in [0.717, 1.165) is 0 Å². The molecule has 2 rings (SSSR count). The summed E-state index contributed by atoms with van der Waals surface area (Å²) >= 11 is 0. The minimum absolute atomic E-state index is 0.176. The van der Waals surface area contributed by atoms with Crippen LogP contribution in [0.5, 0.6) is 0 Å². The van der Waals surface area contributed by atoms with Crippen molar-refractivity contribution in [3.63, 3.8) is 0 Å². The summed E-state index contributed by atoms with van der Waals surface area (Å²) in [5, 5.41) is 19.9. The molecule has 2 heterocycles. The number of ether oxygens (including phenoxy) is 1. The Balaban J connectivity index is 2.09. The van der Waals surface area contributed by atoms with Gasteiger partial charge >= 0.3 is 6.09 Å². The number of pyridine rings is 1. The van der Waals surface area contributed by atoms with E-state index < -0.39 is 6.09 Å². The molecule has 1 fully saturated rings. The van der Waals surface area contributed by atoms with Gasteiger partial charge in [-0.15, -0.1) is 0 Å². The first-order valence-electron chi connectivity index (χ1n) is 6.07. The molecule has 1 unspecified atom stereocenters. The third kappa shape index (κ3) is 3.22. The number of anilines is 1. The molecular formula is C12H15N3O5. The first-order chi connectivity index (χ1) is 9.61. The molecular weight excluding hydrogens is 266 g/mol. The van der Waals surface area contributed by atoms with Gasteiger partial charge in [0.2, 0.25) is 0 Å². The maximum atomic E-state index is 12.3. The molecule has 8 nitrogen and oxygen atoms in total. The highest BCUT2D eigenvalue weighted by Gasteiger charge is 2.28. The number of carbonyl (C=O) groups excluding carboxylic acids is 1. The molecule has 1 aromatic heterocycles. The van der Waals surface area contributed by atoms with E-state index in [4.69, 9.17) is 9.84 Å². The van der Waals surface area contributed by atoms with E-state index in [0.29, 0.717) is 19.8 Å². The predicted octanol–water partition coefficient (Wildman–Crippen LogP) is 0.00480. The standard InChI is InChI=1S/C12H15N3O5/c16-6-9-7-20-4-3-15(9)11(17)10-2-1-8(5-13-10)14-12(18)19/h1-2,5,9,14,16H,3-4,6-7H2,(H,18,19). The van der Waals surface area contributed by atoms with Crippen LogP contribution in [0.2, 0.25) is 0 Å². The lowest BCUT2D eigenvalue weighted by Crippen LogP contribution is -2.50. The van der Waals surface area contributed by atoms with Gasteiger partial charge in [0, 0.05) is 6.54 Å². The zero-order valence-electron chi connectivity index (χ0n) is 10.7. The van der Waals surface area contributed by atoms with Crippen LogP contribution in [-0.4, -0.2) is 64.5 Å². The van der Waals surface area contributed by atoms with Crippen molar-refractivity contribution in [2.75, 3.05) is 31.7 Å². The van der Waals surface area contributed by atoms with Crippen LogP contribution in [0, 0.1) is 0 Å². The maximum Gasteiger partial charge on any atom is 0.409 e. The van der Waals surface area contributed by atoms with Crippen molar-refractivity contribution in [2.45, 2.75) is 6.04 Å². The van der Waals surface area contributed by atoms with Crippen LogP contribution in [0.25, 0.3) is 0 Å². The zero-order chi connectivity index (χ0) is 14.5. The molecule has 0 saturated carbocycles. The van der Waals surface area contributed by atoms with Crippen molar-refractivity contribution >= 4 is 17.7 Å². The molecule has 1 atom stereocenters. The van der Waals surface area contributed by atoms with E-state index in [1.807, 2.05) is 0 Å². The Labute approximate surface area is 115 Å². The highest BCUT2D eigenvalue weighted by Crippen LogP contribution is 2.13. The Kier molecular flexibility index (Phi) is 4.49. The Hall–Kier alpha value is -2.19. The number of rotatable bonds is 3. The SMILES string of the molecule is O=C(O)Nc1ccc(C(=O)N2CCOCC2CO)nc1. The number of carboxylic acid groups (broad SMARTS) is 1. The fraction of sp³-hybridized carbons (Fsp3) is 0.417. The molecule has 108 valence electrons. The molecule has 20 heavy (non-hydrogen) atoms. The van der Waals surface area contributed by atoms with Gasteiger partial charge in [0.1, 0.15) is 5.69 Å². The molecule has 2 amide bonds. The second-order valence-corrected chi connectivity index (χ2v) is 4.27. The quantitative estimate of drug-likeness (QED) is 0.719. The third-order valence-corrected chi connectivity index (χ3v) is 2.93. The van der Waals surface area contributed by atoms with E-state index in [1.165, 1.54) is 23.2 Å². The third-order valence-electron chi connectivity index (χ3n) is 2.93. The largest absolute Gasteiger partial charge is 0.465 e. The van der Waals surface area contributed by atoms with Gasteiger partial charge in [-0.1, -0.05) is 0 Å². The Morgan fingerprint density at radius 1 is 1.50 bits per heavy atom. The monoisotopic (exact) mass is 281 g/mol. The molecule has 3 N–H and O–H groups in total. The van der Waals surface area contributed by atoms with Gasteiger partial charge in [-0.25, -0.2) is 9.78 Å². The van der Waals surface area contributed by atoms with Crippen LogP contribution < -0.4 is 5.32 Å². The zero-order valence-corrected chi connectivity index (χ0v) is 10.7. The lowest BCUT2D eigenvalue weighted by Gasteiger charge is -2.34. The minimum atomic E-state index is -1.19. The minimum Gasteiger partial charge on any atom is -0.465 e. The topological polar surface area (TPSA) is 112 Å². The predicted molar refractivity (Wildman–Crippen MR) is 68.6 cm³/mol. The lowest BCUT2D eigenvalue weighted by atomic mass is 10.2. The normalized spacial score (nSPS) is 18.6. The summed E-state index contributed by atoms with van der Waals surface area (Å²) in [6.45, 7) is 0.924. The molecule has 1 aliphatic heterocycles. The van der Waals surface area contributed by atoms with Crippen LogP contribution in [0.15, 0.2) is 18.3 Å². The average Bonchev–Trinajstić information content (AvgIpc) is 2.46. The molecule has 1 aliphatic rings. The van der Waals surface area contributed by atoms with Crippen LogP contribution in [-0.2, 0) is 4.74 Å². The van der Waals surface area contributed by atoms with E-state index in [9.17, 15) is 14.7 Å². The molecule has 1 aromatic rings. The van der Waals surface area contributed by atoms with Gasteiger partial charge in [0.15, 0.2) is 0 Å². The van der Waals surface area contributed by atoms with Crippen molar-refractivity contribution in [1.82, 2.24) is 9.88 Å². The highest BCUT2D eigenvalue weighted by molar-refractivity contribution is 5.93. The van der Waals surface area contributed by atoms with Gasteiger partial charge in [-0.05, 0) is 12.1 Å². The number of hydrogen-bond acceptors (Lipinski definition) is 5. The van der Waals surface area contributed by atoms with Gasteiger partial charge < -0.3 is 19.8 Å². The number of hydrogen-bond donors (Lipinski definition) is 3. The summed E-state index contributed by atoms with van der Waals surface area (Å²) in [6, 6.07) is 2.52. The van der Waals surface area contributed by atoms with Crippen molar-refractivity contribution < 1.29 is 24.5 Å². The summed E-state index contributed by atoms with van der Waals surface area (Å²) in [5.74, 6) is -0.311. The van der Waals surface area contributed by atoms with E-state index >= 15 is 0 Å². The lowest BCUT2D eigenvalue weighted by molar-refractivity contribution is -0.0186. The number of aliphatic hydroxyl groups excluding tert-OH is 1. The van der Waals surface area contributed by atoms with Crippen LogP contribution in [0.3, 0.4) is 0 Å². The second-order valence-electron chi connectivity index (χ2n) is 4.27. The number of carbonyl (C=O) groups is 2. The fourth-order valence-corrected chi connectivity index (χ4v) is 1.94. The van der Waals surface area contributed by atoms with Gasteiger partial charge in [0.05, 0.1) is 37.7 Å². The van der Waals surface area contributed by atoms with Crippen molar-refractivity contribution in [2.24, 2.45) is 0 Å². The molecule has 1 saturated heterocycles. The number of nitrogens with zero attached hydrogens (tertiary/aromatic N) is 2. The van der Waals surface area contributed by atoms with Crippen molar-refractivity contribution in [1.29, 1.82) is 0 Å². The molecule has 8 heteroatoms. The first-order valence-corrected chi connectivity index (χ1v) is 6.07. The number of morpholine rings is 1. The molecule has 0 radical (unpaired) electrons. The Bertz CT molecular complexity index is 490. The summed E-state index contributed by atoms with van der Waals surface area (Å²) < 4.78 is 5.20. The molecule has 0 aromatic carbocycles. The summed E-state index contributed by atoms with van der Waals surface area (Å²) in [7, 11) is 0. The Morgan fingerprint density at radius 2 is 2.30 bits per heavy atom. The number of amides is 2. The number of aliphatic hydroxyl groups is 1. The number of nitrogens with one attached hydrogen (secondary N) is 1. The smallest absolute Gasteiger partial charge is 0.409 e. The second kappa shape index (κ2) is 6.31. The molecule has 0 spiro atoms. The fourth-order valence-electron chi connectivity index (χ4n) is 1.94. The van der Waals surface area contributed by atoms with Crippen molar-refractivity contribution in [3.8, 4) is 0 Å². The van der Waals surface area contributed by atoms with Gasteiger partial charge in [0.25, 0.3) is 5.91 Å². The molecule has 0 aliphatic carbocycles. The van der Waals surface area contributed by atoms with Gasteiger partial charge in [-0.2, -0.15) is 0 Å². The first kappa shape index (κ1) is 14.2. The average molecular weight is 281 g/mol. The maximum absolute atomic E-state index is 12.3. The highest BCUT2D eigenvalue weighted by atomic mass is 16.5. The molecule has 0 bridgehead atoms. The van der Waals surface area contributed by atoms with Crippen LogP contribution in [0.1, 0.15) is 10.5 Å². The van der Waals surface area contributed by atoms with Crippen LogP contribution in [0.4, 0.5) is 10.5 Å². The summed E-state index contributed by atoms with van der Waals surface area (Å²) in [4.78, 5) is 28.2. The van der Waals surface area contributed by atoms with Gasteiger partial charge in [-0.3, -0.25) is 10.1 Å². The Morgan fingerprint density at radius 3 is 2.90 bits per heavy atom.